The predicted octanol–water partition coefficient (Wildman–Crippen LogP) is 3.21. The van der Waals surface area contributed by atoms with Crippen LogP contribution in [0.15, 0.2) is 53.4 Å². The Morgan fingerprint density at radius 3 is 2.41 bits per heavy atom. The Balaban J connectivity index is 1.98. The molecule has 3 rings (SSSR count). The zero-order chi connectivity index (χ0) is 15.9. The average Bonchev–Trinajstić information content (AvgIpc) is 3.23. The number of aryl methyl sites for hydroxylation is 1. The van der Waals surface area contributed by atoms with Crippen molar-refractivity contribution in [1.82, 2.24) is 0 Å². The highest BCUT2D eigenvalue weighted by atomic mass is 32.2. The number of rotatable bonds is 3. The molecule has 0 amide bonds. The van der Waals surface area contributed by atoms with Crippen molar-refractivity contribution in [2.24, 2.45) is 5.92 Å². The van der Waals surface area contributed by atoms with Crippen molar-refractivity contribution in [1.29, 1.82) is 5.26 Å². The van der Waals surface area contributed by atoms with E-state index in [4.69, 9.17) is 0 Å². The second-order valence-corrected chi connectivity index (χ2v) is 7.66. The van der Waals surface area contributed by atoms with Gasteiger partial charge in [0.2, 0.25) is 0 Å². The Bertz CT molecular complexity index is 853. The van der Waals surface area contributed by atoms with E-state index in [1.165, 1.54) is 18.2 Å². The SMILES string of the molecule is Cc1ccc(S(=O)(=O)[C@H]2[C@H](C#N)[C@@H]2c2cccc(F)c2)cc1. The number of benzene rings is 2. The summed E-state index contributed by atoms with van der Waals surface area (Å²) in [4.78, 5) is 0.210. The van der Waals surface area contributed by atoms with Crippen LogP contribution in [0.1, 0.15) is 17.0 Å². The summed E-state index contributed by atoms with van der Waals surface area (Å²) in [5.41, 5.74) is 1.53. The number of sulfone groups is 1. The molecule has 3 nitrogen and oxygen atoms in total. The van der Waals surface area contributed by atoms with Gasteiger partial charge in [-0.1, -0.05) is 29.8 Å². The maximum Gasteiger partial charge on any atom is 0.183 e. The van der Waals surface area contributed by atoms with Crippen LogP contribution in [0.25, 0.3) is 0 Å². The average molecular weight is 315 g/mol. The van der Waals surface area contributed by atoms with E-state index in [0.29, 0.717) is 5.56 Å². The van der Waals surface area contributed by atoms with Gasteiger partial charge in [-0.3, -0.25) is 0 Å². The Kier molecular flexibility index (Phi) is 3.50. The minimum atomic E-state index is -3.60. The van der Waals surface area contributed by atoms with Crippen LogP contribution in [0.5, 0.6) is 0 Å². The van der Waals surface area contributed by atoms with E-state index in [0.717, 1.165) is 5.56 Å². The van der Waals surface area contributed by atoms with Crippen molar-refractivity contribution >= 4 is 9.84 Å². The van der Waals surface area contributed by atoms with Crippen LogP contribution >= 0.6 is 0 Å². The first-order valence-corrected chi connectivity index (χ1v) is 8.45. The van der Waals surface area contributed by atoms with Crippen LogP contribution < -0.4 is 0 Å². The van der Waals surface area contributed by atoms with Crippen LogP contribution in [0.4, 0.5) is 4.39 Å². The van der Waals surface area contributed by atoms with Crippen molar-refractivity contribution in [3.63, 3.8) is 0 Å². The summed E-state index contributed by atoms with van der Waals surface area (Å²) in [6.07, 6.45) is 0. The molecule has 1 aliphatic carbocycles. The predicted molar refractivity (Wildman–Crippen MR) is 80.4 cm³/mol. The monoisotopic (exact) mass is 315 g/mol. The molecule has 0 radical (unpaired) electrons. The molecule has 3 atom stereocenters. The van der Waals surface area contributed by atoms with E-state index in [-0.39, 0.29) is 4.90 Å². The van der Waals surface area contributed by atoms with Gasteiger partial charge in [0.15, 0.2) is 9.84 Å². The number of nitriles is 1. The Morgan fingerprint density at radius 1 is 1.14 bits per heavy atom. The van der Waals surface area contributed by atoms with Gasteiger partial charge < -0.3 is 0 Å². The van der Waals surface area contributed by atoms with Gasteiger partial charge in [-0.25, -0.2) is 12.8 Å². The van der Waals surface area contributed by atoms with Crippen molar-refractivity contribution in [2.75, 3.05) is 0 Å². The lowest BCUT2D eigenvalue weighted by Crippen LogP contribution is -2.10. The van der Waals surface area contributed by atoms with Gasteiger partial charge in [0.1, 0.15) is 5.82 Å². The van der Waals surface area contributed by atoms with Gasteiger partial charge in [-0.05, 0) is 36.8 Å². The zero-order valence-corrected chi connectivity index (χ0v) is 12.7. The molecule has 2 aromatic carbocycles. The maximum atomic E-state index is 13.3. The molecule has 0 aliphatic heterocycles. The second kappa shape index (κ2) is 5.22. The molecule has 0 saturated heterocycles. The Morgan fingerprint density at radius 2 is 1.82 bits per heavy atom. The standard InChI is InChI=1S/C17H14FNO2S/c1-11-5-7-14(8-6-11)22(20,21)17-15(10-19)16(17)12-3-2-4-13(18)9-12/h2-9,15-17H,1H3/t15-,16+,17+/m1/s1. The summed E-state index contributed by atoms with van der Waals surface area (Å²) in [5.74, 6) is -1.52. The first-order chi connectivity index (χ1) is 10.4. The molecule has 0 aromatic heterocycles. The Hall–Kier alpha value is -2.19. The highest BCUT2D eigenvalue weighted by molar-refractivity contribution is 7.92. The molecule has 0 bridgehead atoms. The fourth-order valence-electron chi connectivity index (χ4n) is 2.82. The lowest BCUT2D eigenvalue weighted by Gasteiger charge is -2.04. The molecule has 1 saturated carbocycles. The highest BCUT2D eigenvalue weighted by Gasteiger charge is 2.59. The molecule has 2 aromatic rings. The third kappa shape index (κ3) is 2.40. The van der Waals surface area contributed by atoms with Crippen molar-refractivity contribution in [3.8, 4) is 6.07 Å². The quantitative estimate of drug-likeness (QED) is 0.874. The van der Waals surface area contributed by atoms with E-state index in [1.54, 1.807) is 30.3 Å². The second-order valence-electron chi connectivity index (χ2n) is 5.56. The van der Waals surface area contributed by atoms with Gasteiger partial charge in [-0.2, -0.15) is 5.26 Å². The van der Waals surface area contributed by atoms with Crippen molar-refractivity contribution in [3.05, 3.63) is 65.5 Å². The van der Waals surface area contributed by atoms with E-state index >= 15 is 0 Å². The fourth-order valence-corrected chi connectivity index (χ4v) is 4.89. The van der Waals surface area contributed by atoms with E-state index in [9.17, 15) is 18.1 Å². The largest absolute Gasteiger partial charge is 0.223 e. The molecule has 22 heavy (non-hydrogen) atoms. The number of halogens is 1. The molecule has 0 heterocycles. The van der Waals surface area contributed by atoms with Crippen molar-refractivity contribution in [2.45, 2.75) is 23.0 Å². The first-order valence-electron chi connectivity index (χ1n) is 6.91. The van der Waals surface area contributed by atoms with Crippen LogP contribution in [-0.4, -0.2) is 13.7 Å². The fraction of sp³-hybridized carbons (Fsp3) is 0.235. The van der Waals surface area contributed by atoms with E-state index < -0.39 is 32.7 Å². The van der Waals surface area contributed by atoms with Crippen molar-refractivity contribution < 1.29 is 12.8 Å². The summed E-state index contributed by atoms with van der Waals surface area (Å²) in [5, 5.41) is 8.42. The lowest BCUT2D eigenvalue weighted by molar-refractivity contribution is 0.593. The smallest absolute Gasteiger partial charge is 0.183 e. The van der Waals surface area contributed by atoms with Gasteiger partial charge in [0, 0.05) is 5.92 Å². The number of nitrogens with zero attached hydrogens (tertiary/aromatic N) is 1. The first kappa shape index (κ1) is 14.7. The van der Waals surface area contributed by atoms with Gasteiger partial charge in [0.25, 0.3) is 0 Å². The molecular formula is C17H14FNO2S. The topological polar surface area (TPSA) is 57.9 Å². The third-order valence-electron chi connectivity index (χ3n) is 4.04. The highest BCUT2D eigenvalue weighted by Crippen LogP contribution is 2.53. The van der Waals surface area contributed by atoms with Crippen LogP contribution in [0.3, 0.4) is 0 Å². The van der Waals surface area contributed by atoms with E-state index in [1.807, 2.05) is 13.0 Å². The van der Waals surface area contributed by atoms with Gasteiger partial charge >= 0.3 is 0 Å². The molecule has 0 spiro atoms. The van der Waals surface area contributed by atoms with Crippen LogP contribution in [0.2, 0.25) is 0 Å². The van der Waals surface area contributed by atoms with E-state index in [2.05, 4.69) is 0 Å². The Labute approximate surface area is 128 Å². The molecular weight excluding hydrogens is 301 g/mol. The number of hydrogen-bond donors (Lipinski definition) is 0. The number of hydrogen-bond acceptors (Lipinski definition) is 3. The molecule has 0 unspecified atom stereocenters. The minimum Gasteiger partial charge on any atom is -0.223 e. The van der Waals surface area contributed by atoms with Gasteiger partial charge in [-0.15, -0.1) is 0 Å². The maximum absolute atomic E-state index is 13.3. The van der Waals surface area contributed by atoms with Crippen LogP contribution in [-0.2, 0) is 9.84 Å². The summed E-state index contributed by atoms with van der Waals surface area (Å²) >= 11 is 0. The third-order valence-corrected chi connectivity index (χ3v) is 6.28. The normalized spacial score (nSPS) is 23.8. The minimum absolute atomic E-state index is 0.210. The van der Waals surface area contributed by atoms with Crippen LogP contribution in [0, 0.1) is 30.0 Å². The molecule has 5 heteroatoms. The molecule has 112 valence electrons. The summed E-state index contributed by atoms with van der Waals surface area (Å²) < 4.78 is 38.7. The molecule has 1 aliphatic rings. The molecule has 0 N–H and O–H groups in total. The summed E-state index contributed by atoms with van der Waals surface area (Å²) in [7, 11) is -3.60. The van der Waals surface area contributed by atoms with Gasteiger partial charge in [0.05, 0.1) is 22.1 Å². The zero-order valence-electron chi connectivity index (χ0n) is 11.9. The molecule has 1 fully saturated rings. The lowest BCUT2D eigenvalue weighted by atomic mass is 10.1. The summed E-state index contributed by atoms with van der Waals surface area (Å²) in [6, 6.07) is 14.4. The summed E-state index contributed by atoms with van der Waals surface area (Å²) in [6.45, 7) is 1.88.